The number of para-hydroxylation sites is 1. The van der Waals surface area contributed by atoms with Gasteiger partial charge in [0.05, 0.1) is 11.4 Å². The van der Waals surface area contributed by atoms with Crippen LogP contribution in [0.3, 0.4) is 0 Å². The molecule has 4 rings (SSSR count). The number of aryl methyl sites for hydroxylation is 1. The Hall–Kier alpha value is -2.93. The lowest BCUT2D eigenvalue weighted by Gasteiger charge is -1.98. The Kier molecular flexibility index (Phi) is 4.30. The van der Waals surface area contributed by atoms with Gasteiger partial charge in [0.25, 0.3) is 0 Å². The highest BCUT2D eigenvalue weighted by Gasteiger charge is 2.12. The van der Waals surface area contributed by atoms with Crippen molar-refractivity contribution in [2.45, 2.75) is 17.8 Å². The number of nitrogens with zero attached hydrogens (tertiary/aromatic N) is 5. The van der Waals surface area contributed by atoms with Crippen LogP contribution in [0.5, 0.6) is 0 Å². The fourth-order valence-electron chi connectivity index (χ4n) is 2.39. The minimum absolute atomic E-state index is 0.525. The van der Waals surface area contributed by atoms with Gasteiger partial charge in [-0.05, 0) is 24.6 Å². The fraction of sp³-hybridized carbons (Fsp3) is 0.111. The number of benzene rings is 2. The van der Waals surface area contributed by atoms with Gasteiger partial charge in [-0.15, -0.1) is 5.10 Å². The van der Waals surface area contributed by atoms with Crippen molar-refractivity contribution >= 4 is 11.8 Å². The van der Waals surface area contributed by atoms with E-state index in [0.717, 1.165) is 16.8 Å². The zero-order valence-corrected chi connectivity index (χ0v) is 14.3. The van der Waals surface area contributed by atoms with Gasteiger partial charge in [0.15, 0.2) is 0 Å². The van der Waals surface area contributed by atoms with Crippen LogP contribution >= 0.6 is 11.8 Å². The molecule has 0 aliphatic heterocycles. The van der Waals surface area contributed by atoms with E-state index in [9.17, 15) is 0 Å². The molecule has 0 spiro atoms. The summed E-state index contributed by atoms with van der Waals surface area (Å²) < 4.78 is 7.09. The maximum atomic E-state index is 5.34. The van der Waals surface area contributed by atoms with Crippen LogP contribution < -0.4 is 0 Å². The van der Waals surface area contributed by atoms with Crippen molar-refractivity contribution in [1.82, 2.24) is 24.9 Å². The molecule has 2 aromatic heterocycles. The Balaban J connectivity index is 1.44. The second-order valence-corrected chi connectivity index (χ2v) is 6.37. The van der Waals surface area contributed by atoms with Crippen LogP contribution in [0, 0.1) is 6.92 Å². The lowest BCUT2D eigenvalue weighted by Crippen LogP contribution is -1.93. The van der Waals surface area contributed by atoms with Gasteiger partial charge in [0, 0.05) is 5.56 Å². The quantitative estimate of drug-likeness (QED) is 0.509. The molecule has 0 amide bonds. The van der Waals surface area contributed by atoms with E-state index in [1.165, 1.54) is 11.8 Å². The molecule has 0 unspecified atom stereocenters. The molecule has 25 heavy (non-hydrogen) atoms. The zero-order valence-electron chi connectivity index (χ0n) is 13.5. The highest BCUT2D eigenvalue weighted by atomic mass is 32.2. The Morgan fingerprint density at radius 2 is 1.84 bits per heavy atom. The van der Waals surface area contributed by atoms with Gasteiger partial charge in [-0.25, -0.2) is 9.67 Å². The molecule has 2 heterocycles. The highest BCUT2D eigenvalue weighted by molar-refractivity contribution is 7.98. The van der Waals surface area contributed by atoms with Gasteiger partial charge in [-0.2, -0.15) is 4.98 Å². The standard InChI is InChI=1S/C18H15N5OS/c1-13-7-5-6-10-15(13)17-20-16(24-22-17)11-25-18-19-12-23(21-18)14-8-3-2-4-9-14/h2-10,12H,11H2,1H3. The lowest BCUT2D eigenvalue weighted by atomic mass is 10.1. The molecule has 4 aromatic rings. The fourth-order valence-corrected chi connectivity index (χ4v) is 3.03. The van der Waals surface area contributed by atoms with Crippen molar-refractivity contribution in [3.63, 3.8) is 0 Å². The molecule has 7 heteroatoms. The normalized spacial score (nSPS) is 10.9. The smallest absolute Gasteiger partial charge is 0.237 e. The summed E-state index contributed by atoms with van der Waals surface area (Å²) >= 11 is 1.46. The SMILES string of the molecule is Cc1ccccc1-c1noc(CSc2ncn(-c3ccccc3)n2)n1. The number of aromatic nitrogens is 5. The third-order valence-corrected chi connectivity index (χ3v) is 4.51. The van der Waals surface area contributed by atoms with E-state index in [2.05, 4.69) is 20.2 Å². The molecule has 0 radical (unpaired) electrons. The molecular formula is C18H15N5OS. The molecule has 0 saturated carbocycles. The van der Waals surface area contributed by atoms with Crippen LogP contribution in [0.2, 0.25) is 0 Å². The molecule has 0 saturated heterocycles. The minimum Gasteiger partial charge on any atom is -0.338 e. The van der Waals surface area contributed by atoms with Crippen LogP contribution in [0.4, 0.5) is 0 Å². The van der Waals surface area contributed by atoms with E-state index in [-0.39, 0.29) is 0 Å². The first kappa shape index (κ1) is 15.6. The summed E-state index contributed by atoms with van der Waals surface area (Å²) in [6.45, 7) is 2.03. The predicted octanol–water partition coefficient (Wildman–Crippen LogP) is 3.92. The summed E-state index contributed by atoms with van der Waals surface area (Å²) in [4.78, 5) is 8.77. The number of hydrogen-bond acceptors (Lipinski definition) is 6. The number of thioether (sulfide) groups is 1. The highest BCUT2D eigenvalue weighted by Crippen LogP contribution is 2.23. The third kappa shape index (κ3) is 3.46. The molecule has 0 atom stereocenters. The molecule has 0 aliphatic rings. The van der Waals surface area contributed by atoms with Gasteiger partial charge >= 0.3 is 0 Å². The monoisotopic (exact) mass is 349 g/mol. The van der Waals surface area contributed by atoms with E-state index < -0.39 is 0 Å². The van der Waals surface area contributed by atoms with Gasteiger partial charge in [0.1, 0.15) is 6.33 Å². The van der Waals surface area contributed by atoms with E-state index in [4.69, 9.17) is 4.52 Å². The molecule has 0 fully saturated rings. The lowest BCUT2D eigenvalue weighted by molar-refractivity contribution is 0.391. The first-order valence-corrected chi connectivity index (χ1v) is 8.76. The van der Waals surface area contributed by atoms with Crippen LogP contribution in [-0.2, 0) is 5.75 Å². The number of hydrogen-bond donors (Lipinski definition) is 0. The van der Waals surface area contributed by atoms with Crippen molar-refractivity contribution < 1.29 is 4.52 Å². The summed E-state index contributed by atoms with van der Waals surface area (Å²) in [5.74, 6) is 1.69. The summed E-state index contributed by atoms with van der Waals surface area (Å²) in [6, 6.07) is 17.8. The van der Waals surface area contributed by atoms with Gasteiger partial charge in [-0.3, -0.25) is 0 Å². The number of rotatable bonds is 5. The Morgan fingerprint density at radius 3 is 2.68 bits per heavy atom. The first-order chi connectivity index (χ1) is 12.3. The Bertz CT molecular complexity index is 980. The summed E-state index contributed by atoms with van der Waals surface area (Å²) in [5, 5.41) is 9.19. The van der Waals surface area contributed by atoms with Crippen molar-refractivity contribution in [2.75, 3.05) is 0 Å². The summed E-state index contributed by atoms with van der Waals surface area (Å²) in [5.41, 5.74) is 3.07. The second kappa shape index (κ2) is 6.90. The topological polar surface area (TPSA) is 69.6 Å². The van der Waals surface area contributed by atoms with E-state index >= 15 is 0 Å². The molecular weight excluding hydrogens is 334 g/mol. The first-order valence-electron chi connectivity index (χ1n) is 7.78. The van der Waals surface area contributed by atoms with Gasteiger partial charge in [-0.1, -0.05) is 59.4 Å². The van der Waals surface area contributed by atoms with Crippen LogP contribution in [0.1, 0.15) is 11.5 Å². The molecule has 6 nitrogen and oxygen atoms in total. The van der Waals surface area contributed by atoms with Crippen LogP contribution in [0.25, 0.3) is 17.1 Å². The van der Waals surface area contributed by atoms with Crippen molar-refractivity contribution in [2.24, 2.45) is 0 Å². The van der Waals surface area contributed by atoms with E-state index in [0.29, 0.717) is 22.6 Å². The van der Waals surface area contributed by atoms with Crippen LogP contribution in [0.15, 0.2) is 70.6 Å². The second-order valence-electron chi connectivity index (χ2n) is 5.42. The third-order valence-electron chi connectivity index (χ3n) is 3.67. The molecule has 0 N–H and O–H groups in total. The largest absolute Gasteiger partial charge is 0.338 e. The van der Waals surface area contributed by atoms with Crippen molar-refractivity contribution in [3.05, 3.63) is 72.4 Å². The Labute approximate surface area is 148 Å². The predicted molar refractivity (Wildman–Crippen MR) is 95.4 cm³/mol. The van der Waals surface area contributed by atoms with Crippen molar-refractivity contribution in [1.29, 1.82) is 0 Å². The zero-order chi connectivity index (χ0) is 17.1. The van der Waals surface area contributed by atoms with E-state index in [1.807, 2.05) is 61.5 Å². The van der Waals surface area contributed by atoms with E-state index in [1.54, 1.807) is 11.0 Å². The summed E-state index contributed by atoms with van der Waals surface area (Å²) in [6.07, 6.45) is 1.70. The molecule has 124 valence electrons. The molecule has 0 bridgehead atoms. The average molecular weight is 349 g/mol. The molecule has 2 aromatic carbocycles. The molecule has 0 aliphatic carbocycles. The average Bonchev–Trinajstić information content (AvgIpc) is 3.31. The Morgan fingerprint density at radius 1 is 1.04 bits per heavy atom. The van der Waals surface area contributed by atoms with Gasteiger partial charge in [0.2, 0.25) is 16.9 Å². The van der Waals surface area contributed by atoms with Crippen molar-refractivity contribution in [3.8, 4) is 17.1 Å². The maximum Gasteiger partial charge on any atom is 0.237 e. The van der Waals surface area contributed by atoms with Crippen LogP contribution in [-0.4, -0.2) is 24.9 Å². The minimum atomic E-state index is 0.525. The van der Waals surface area contributed by atoms with Gasteiger partial charge < -0.3 is 4.52 Å². The summed E-state index contributed by atoms with van der Waals surface area (Å²) in [7, 11) is 0. The maximum absolute atomic E-state index is 5.34.